The van der Waals surface area contributed by atoms with Gasteiger partial charge in [0.2, 0.25) is 11.8 Å². The molecule has 3 aromatic rings. The van der Waals surface area contributed by atoms with Crippen molar-refractivity contribution in [1.82, 2.24) is 10.2 Å². The number of aryl methyl sites for hydroxylation is 1. The largest absolute Gasteiger partial charge is 0.352 e. The van der Waals surface area contributed by atoms with Gasteiger partial charge in [0.05, 0.1) is 15.5 Å². The van der Waals surface area contributed by atoms with E-state index in [1.54, 1.807) is 25.1 Å². The van der Waals surface area contributed by atoms with Gasteiger partial charge in [0, 0.05) is 24.7 Å². The van der Waals surface area contributed by atoms with Crippen molar-refractivity contribution in [2.45, 2.75) is 57.6 Å². The van der Waals surface area contributed by atoms with Crippen molar-refractivity contribution >= 4 is 33.2 Å². The maximum atomic E-state index is 13.9. The predicted octanol–water partition coefficient (Wildman–Crippen LogP) is 4.43. The summed E-state index contributed by atoms with van der Waals surface area (Å²) in [6.45, 7) is 6.77. The number of hydrogen-bond acceptors (Lipinski definition) is 6. The Morgan fingerprint density at radius 3 is 2.20 bits per heavy atom. The number of rotatable bonds is 12. The number of sulfonamides is 1. The molecule has 0 aliphatic heterocycles. The number of nitrogens with one attached hydrogen (secondary N) is 1. The number of anilines is 1. The third-order valence-electron chi connectivity index (χ3n) is 6.56. The highest BCUT2D eigenvalue weighted by atomic mass is 32.2. The lowest BCUT2D eigenvalue weighted by Gasteiger charge is -2.32. The molecular weight excluding hydrogens is 532 g/mol. The Morgan fingerprint density at radius 2 is 1.62 bits per heavy atom. The molecule has 212 valence electrons. The Morgan fingerprint density at radius 1 is 0.975 bits per heavy atom. The number of non-ortho nitro benzene ring substituents is 1. The van der Waals surface area contributed by atoms with Crippen LogP contribution in [0.15, 0.2) is 83.8 Å². The molecule has 3 rings (SSSR count). The second-order valence-electron chi connectivity index (χ2n) is 9.60. The molecule has 0 bridgehead atoms. The first-order valence-electron chi connectivity index (χ1n) is 12.9. The molecule has 2 amide bonds. The second-order valence-corrected chi connectivity index (χ2v) is 11.5. The van der Waals surface area contributed by atoms with E-state index in [1.807, 2.05) is 45.0 Å². The molecule has 0 aliphatic rings. The van der Waals surface area contributed by atoms with E-state index in [0.717, 1.165) is 15.4 Å². The summed E-state index contributed by atoms with van der Waals surface area (Å²) in [4.78, 5) is 38.9. The number of nitrogens with zero attached hydrogens (tertiary/aromatic N) is 3. The molecule has 0 aliphatic carbocycles. The van der Waals surface area contributed by atoms with Gasteiger partial charge in [0.15, 0.2) is 0 Å². The van der Waals surface area contributed by atoms with E-state index in [1.165, 1.54) is 41.3 Å². The standard InChI is InChI=1S/C29H34N4O6S/c1-5-22(3)30-29(35)23(4)31(19-24-11-9-10-21(2)18-24)28(34)20-32(25-14-16-26(17-15-25)33(36)37)40(38,39)27-12-7-6-8-13-27/h6-18,22-23H,5,19-20H2,1-4H3,(H,30,35)/t22-,23+/m1/s1. The summed E-state index contributed by atoms with van der Waals surface area (Å²) < 4.78 is 28.4. The van der Waals surface area contributed by atoms with Crippen molar-refractivity contribution < 1.29 is 22.9 Å². The van der Waals surface area contributed by atoms with Gasteiger partial charge in [0.1, 0.15) is 12.6 Å². The molecule has 0 heterocycles. The molecule has 0 saturated heterocycles. The van der Waals surface area contributed by atoms with Crippen LogP contribution in [-0.4, -0.2) is 48.7 Å². The first kappa shape index (κ1) is 30.3. The summed E-state index contributed by atoms with van der Waals surface area (Å²) in [5, 5.41) is 14.1. The number of carbonyl (C=O) groups is 2. The van der Waals surface area contributed by atoms with E-state index in [0.29, 0.717) is 6.42 Å². The van der Waals surface area contributed by atoms with Crippen LogP contribution in [0.2, 0.25) is 0 Å². The molecule has 40 heavy (non-hydrogen) atoms. The smallest absolute Gasteiger partial charge is 0.269 e. The second kappa shape index (κ2) is 13.2. The Kier molecular flexibility index (Phi) is 10.0. The zero-order valence-corrected chi connectivity index (χ0v) is 23.8. The van der Waals surface area contributed by atoms with Crippen molar-refractivity contribution in [1.29, 1.82) is 0 Å². The minimum Gasteiger partial charge on any atom is -0.352 e. The van der Waals surface area contributed by atoms with Gasteiger partial charge in [-0.1, -0.05) is 55.0 Å². The average Bonchev–Trinajstić information content (AvgIpc) is 2.94. The zero-order chi connectivity index (χ0) is 29.4. The molecule has 3 aromatic carbocycles. The van der Waals surface area contributed by atoms with E-state index >= 15 is 0 Å². The Hall–Kier alpha value is -4.25. The van der Waals surface area contributed by atoms with Gasteiger partial charge < -0.3 is 10.2 Å². The summed E-state index contributed by atoms with van der Waals surface area (Å²) in [5.41, 5.74) is 1.61. The fraction of sp³-hybridized carbons (Fsp3) is 0.310. The molecule has 1 N–H and O–H groups in total. The first-order chi connectivity index (χ1) is 18.9. The van der Waals surface area contributed by atoms with Crippen LogP contribution in [0.3, 0.4) is 0 Å². The Balaban J connectivity index is 2.03. The Bertz CT molecular complexity index is 1440. The maximum Gasteiger partial charge on any atom is 0.269 e. The zero-order valence-electron chi connectivity index (χ0n) is 23.0. The summed E-state index contributed by atoms with van der Waals surface area (Å²) in [7, 11) is -4.25. The number of nitro groups is 1. The fourth-order valence-electron chi connectivity index (χ4n) is 4.04. The van der Waals surface area contributed by atoms with Gasteiger partial charge >= 0.3 is 0 Å². The van der Waals surface area contributed by atoms with Crippen molar-refractivity contribution in [3.63, 3.8) is 0 Å². The van der Waals surface area contributed by atoms with Gasteiger partial charge in [-0.05, 0) is 57.0 Å². The predicted molar refractivity (Wildman–Crippen MR) is 153 cm³/mol. The maximum absolute atomic E-state index is 13.9. The number of amides is 2. The van der Waals surface area contributed by atoms with Crippen LogP contribution in [0.1, 0.15) is 38.3 Å². The topological polar surface area (TPSA) is 130 Å². The van der Waals surface area contributed by atoms with Crippen LogP contribution >= 0.6 is 0 Å². The summed E-state index contributed by atoms with van der Waals surface area (Å²) in [6.07, 6.45) is 0.702. The van der Waals surface area contributed by atoms with Gasteiger partial charge in [0.25, 0.3) is 15.7 Å². The van der Waals surface area contributed by atoms with E-state index in [-0.39, 0.29) is 34.8 Å². The van der Waals surface area contributed by atoms with Gasteiger partial charge in [-0.3, -0.25) is 24.0 Å². The first-order valence-corrected chi connectivity index (χ1v) is 14.4. The minimum atomic E-state index is -4.25. The van der Waals surface area contributed by atoms with E-state index in [2.05, 4.69) is 5.32 Å². The lowest BCUT2D eigenvalue weighted by Crippen LogP contribution is -2.52. The normalized spacial score (nSPS) is 12.7. The number of hydrogen-bond donors (Lipinski definition) is 1. The third kappa shape index (κ3) is 7.44. The highest BCUT2D eigenvalue weighted by Gasteiger charge is 2.33. The number of benzene rings is 3. The van der Waals surface area contributed by atoms with Crippen molar-refractivity contribution in [3.8, 4) is 0 Å². The van der Waals surface area contributed by atoms with Gasteiger partial charge in [-0.15, -0.1) is 0 Å². The van der Waals surface area contributed by atoms with Crippen molar-refractivity contribution in [2.75, 3.05) is 10.8 Å². The Labute approximate surface area is 234 Å². The number of carbonyl (C=O) groups excluding carboxylic acids is 2. The van der Waals surface area contributed by atoms with E-state index in [9.17, 15) is 28.1 Å². The molecule has 0 aromatic heterocycles. The van der Waals surface area contributed by atoms with Gasteiger partial charge in [-0.2, -0.15) is 0 Å². The SMILES string of the molecule is CC[C@@H](C)NC(=O)[C@H](C)N(Cc1cccc(C)c1)C(=O)CN(c1ccc([N+](=O)[O-])cc1)S(=O)(=O)c1ccccc1. The molecule has 0 saturated carbocycles. The minimum absolute atomic E-state index is 0.0473. The molecule has 0 spiro atoms. The van der Waals surface area contributed by atoms with Crippen molar-refractivity contribution in [2.24, 2.45) is 0 Å². The van der Waals surface area contributed by atoms with Crippen LogP contribution in [0.4, 0.5) is 11.4 Å². The van der Waals surface area contributed by atoms with Crippen LogP contribution in [0.5, 0.6) is 0 Å². The quantitative estimate of drug-likeness (QED) is 0.255. The van der Waals surface area contributed by atoms with E-state index < -0.39 is 33.4 Å². The molecular formula is C29H34N4O6S. The van der Waals surface area contributed by atoms with Crippen LogP contribution in [0, 0.1) is 17.0 Å². The monoisotopic (exact) mass is 566 g/mol. The van der Waals surface area contributed by atoms with Crippen LogP contribution < -0.4 is 9.62 Å². The molecule has 11 heteroatoms. The van der Waals surface area contributed by atoms with Crippen LogP contribution in [-0.2, 0) is 26.2 Å². The number of nitro benzene ring substituents is 1. The molecule has 0 unspecified atom stereocenters. The molecule has 0 fully saturated rings. The van der Waals surface area contributed by atoms with Crippen LogP contribution in [0.25, 0.3) is 0 Å². The average molecular weight is 567 g/mol. The lowest BCUT2D eigenvalue weighted by atomic mass is 10.1. The highest BCUT2D eigenvalue weighted by Crippen LogP contribution is 2.26. The summed E-state index contributed by atoms with van der Waals surface area (Å²) in [6, 6.07) is 19.0. The molecule has 10 nitrogen and oxygen atoms in total. The lowest BCUT2D eigenvalue weighted by molar-refractivity contribution is -0.384. The van der Waals surface area contributed by atoms with E-state index in [4.69, 9.17) is 0 Å². The third-order valence-corrected chi connectivity index (χ3v) is 8.35. The fourth-order valence-corrected chi connectivity index (χ4v) is 5.48. The summed E-state index contributed by atoms with van der Waals surface area (Å²) >= 11 is 0. The van der Waals surface area contributed by atoms with Gasteiger partial charge in [-0.25, -0.2) is 8.42 Å². The molecule has 0 radical (unpaired) electrons. The van der Waals surface area contributed by atoms with Crippen molar-refractivity contribution in [3.05, 3.63) is 100 Å². The summed E-state index contributed by atoms with van der Waals surface area (Å²) in [5.74, 6) is -0.964. The molecule has 2 atom stereocenters. The highest BCUT2D eigenvalue weighted by molar-refractivity contribution is 7.92.